The van der Waals surface area contributed by atoms with Crippen LogP contribution in [-0.2, 0) is 20.0 Å². The second-order valence-corrected chi connectivity index (χ2v) is 9.89. The van der Waals surface area contributed by atoms with Crippen LogP contribution in [0.4, 0.5) is 0 Å². The number of nitrogens with zero attached hydrogens (tertiary/aromatic N) is 2. The lowest BCUT2D eigenvalue weighted by Gasteiger charge is -2.03. The first-order chi connectivity index (χ1) is 14.7. The largest absolute Gasteiger partial charge is 0.454 e. The highest BCUT2D eigenvalue weighted by Gasteiger charge is 2.13. The Morgan fingerprint density at radius 1 is 0.645 bits per heavy atom. The number of rotatable bonds is 8. The topological polar surface area (TPSA) is 130 Å². The number of benzene rings is 2. The van der Waals surface area contributed by atoms with Gasteiger partial charge in [0.2, 0.25) is 0 Å². The van der Waals surface area contributed by atoms with Gasteiger partial charge in [0, 0.05) is 0 Å². The summed E-state index contributed by atoms with van der Waals surface area (Å²) in [6.07, 6.45) is 2.36. The van der Waals surface area contributed by atoms with Crippen LogP contribution in [0, 0.1) is 13.8 Å². The molecule has 0 radical (unpaired) electrons. The highest BCUT2D eigenvalue weighted by Crippen LogP contribution is 2.11. The van der Waals surface area contributed by atoms with Crippen LogP contribution in [-0.4, -0.2) is 29.3 Å². The first-order valence-corrected chi connectivity index (χ1v) is 12.0. The average Bonchev–Trinajstić information content (AvgIpc) is 3.16. The van der Waals surface area contributed by atoms with Crippen molar-refractivity contribution in [3.63, 3.8) is 0 Å². The van der Waals surface area contributed by atoms with Crippen LogP contribution < -0.4 is 9.66 Å². The summed E-state index contributed by atoms with van der Waals surface area (Å²) >= 11 is 0. The van der Waals surface area contributed by atoms with E-state index in [1.807, 2.05) is 13.8 Å². The minimum Gasteiger partial charge on any atom is -0.454 e. The molecule has 0 atom stereocenters. The van der Waals surface area contributed by atoms with Gasteiger partial charge in [-0.1, -0.05) is 35.4 Å². The van der Waals surface area contributed by atoms with Gasteiger partial charge in [-0.3, -0.25) is 0 Å². The Bertz CT molecular complexity index is 1210. The molecule has 0 saturated carbocycles. The molecule has 0 saturated heterocycles. The predicted molar refractivity (Wildman–Crippen MR) is 117 cm³/mol. The molecular weight excluding hydrogens is 440 g/mol. The van der Waals surface area contributed by atoms with Crippen molar-refractivity contribution in [2.75, 3.05) is 0 Å². The van der Waals surface area contributed by atoms with E-state index < -0.39 is 20.0 Å². The number of hydrogen-bond donors (Lipinski definition) is 2. The summed E-state index contributed by atoms with van der Waals surface area (Å²) in [7, 11) is -7.59. The summed E-state index contributed by atoms with van der Waals surface area (Å²) in [6.45, 7) is 3.71. The van der Waals surface area contributed by atoms with E-state index in [0.717, 1.165) is 11.1 Å². The van der Waals surface area contributed by atoms with Gasteiger partial charge in [-0.2, -0.15) is 36.7 Å². The number of hydrogen-bond acceptors (Lipinski definition) is 7. The number of furan rings is 1. The first kappa shape index (κ1) is 22.2. The van der Waals surface area contributed by atoms with Crippen LogP contribution in [0.25, 0.3) is 0 Å². The number of sulfonamides is 2. The molecule has 0 unspecified atom stereocenters. The summed E-state index contributed by atoms with van der Waals surface area (Å²) in [6, 6.07) is 15.7. The van der Waals surface area contributed by atoms with Crippen molar-refractivity contribution >= 4 is 32.5 Å². The first-order valence-electron chi connectivity index (χ1n) is 8.99. The van der Waals surface area contributed by atoms with Crippen molar-refractivity contribution in [3.05, 3.63) is 83.3 Å². The van der Waals surface area contributed by atoms with E-state index >= 15 is 0 Å². The summed E-state index contributed by atoms with van der Waals surface area (Å²) in [5.41, 5.74) is 1.88. The van der Waals surface area contributed by atoms with Crippen molar-refractivity contribution in [2.45, 2.75) is 23.6 Å². The number of aryl methyl sites for hydroxylation is 2. The lowest BCUT2D eigenvalue weighted by molar-refractivity contribution is 0.552. The third kappa shape index (κ3) is 6.03. The molecule has 11 heteroatoms. The monoisotopic (exact) mass is 460 g/mol. The van der Waals surface area contributed by atoms with E-state index in [-0.39, 0.29) is 21.3 Å². The van der Waals surface area contributed by atoms with Crippen molar-refractivity contribution in [3.8, 4) is 0 Å². The van der Waals surface area contributed by atoms with Crippen LogP contribution >= 0.6 is 0 Å². The van der Waals surface area contributed by atoms with Crippen LogP contribution in [0.1, 0.15) is 22.6 Å². The number of hydrazone groups is 2. The molecule has 162 valence electrons. The SMILES string of the molecule is Cc1ccc(S(=O)(=O)N/N=C/c2ccc(/C=N/NS(=O)(=O)c3ccc(C)cc3)o2)cc1. The predicted octanol–water partition coefficient (Wildman–Crippen LogP) is 2.52. The Labute approximate surface area is 180 Å². The Kier molecular flexibility index (Phi) is 6.56. The quantitative estimate of drug-likeness (QED) is 0.394. The van der Waals surface area contributed by atoms with Crippen molar-refractivity contribution in [1.29, 1.82) is 0 Å². The highest BCUT2D eigenvalue weighted by molar-refractivity contribution is 7.89. The van der Waals surface area contributed by atoms with Gasteiger partial charge < -0.3 is 4.42 Å². The van der Waals surface area contributed by atoms with Crippen molar-refractivity contribution < 1.29 is 21.3 Å². The normalized spacial score (nSPS) is 12.5. The van der Waals surface area contributed by atoms with Gasteiger partial charge in [0.1, 0.15) is 11.5 Å². The van der Waals surface area contributed by atoms with Gasteiger partial charge in [-0.25, -0.2) is 0 Å². The molecule has 1 heterocycles. The molecule has 31 heavy (non-hydrogen) atoms. The molecule has 3 aromatic rings. The molecule has 0 aliphatic heterocycles. The zero-order chi connectivity index (χ0) is 22.5. The third-order valence-corrected chi connectivity index (χ3v) is 6.52. The molecule has 0 fully saturated rings. The molecule has 0 bridgehead atoms. The lowest BCUT2D eigenvalue weighted by atomic mass is 10.2. The Balaban J connectivity index is 1.59. The van der Waals surface area contributed by atoms with Crippen LogP contribution in [0.5, 0.6) is 0 Å². The maximum Gasteiger partial charge on any atom is 0.276 e. The number of nitrogens with one attached hydrogen (secondary N) is 2. The molecular formula is C20H20N4O5S2. The summed E-state index contributed by atoms with van der Waals surface area (Å²) in [5.74, 6) is 0.490. The van der Waals surface area contributed by atoms with E-state index in [9.17, 15) is 16.8 Å². The highest BCUT2D eigenvalue weighted by atomic mass is 32.2. The second kappa shape index (κ2) is 9.14. The standard InChI is InChI=1S/C20H20N4O5S2/c1-15-3-9-19(10-4-15)30(25,26)23-21-13-17-7-8-18(29-17)14-22-24-31(27,28)20-11-5-16(2)6-12-20/h3-14,23-24H,1-2H3/b21-13+,22-14+. The maximum atomic E-state index is 12.2. The van der Waals surface area contributed by atoms with Crippen molar-refractivity contribution in [2.24, 2.45) is 10.2 Å². The zero-order valence-electron chi connectivity index (χ0n) is 16.7. The Morgan fingerprint density at radius 2 is 1.00 bits per heavy atom. The van der Waals surface area contributed by atoms with Gasteiger partial charge in [0.05, 0.1) is 22.2 Å². The minimum atomic E-state index is -3.79. The smallest absolute Gasteiger partial charge is 0.276 e. The molecule has 1 aromatic heterocycles. The van der Waals surface area contributed by atoms with E-state index in [0.29, 0.717) is 0 Å². The molecule has 9 nitrogen and oxygen atoms in total. The summed E-state index contributed by atoms with van der Waals surface area (Å²) in [4.78, 5) is 4.36. The lowest BCUT2D eigenvalue weighted by Crippen LogP contribution is -2.18. The van der Waals surface area contributed by atoms with Crippen molar-refractivity contribution in [1.82, 2.24) is 9.66 Å². The van der Waals surface area contributed by atoms with Gasteiger partial charge in [-0.05, 0) is 50.2 Å². The molecule has 0 amide bonds. The fourth-order valence-electron chi connectivity index (χ4n) is 2.37. The van der Waals surface area contributed by atoms with E-state index in [2.05, 4.69) is 19.9 Å². The molecule has 0 spiro atoms. The maximum absolute atomic E-state index is 12.2. The van der Waals surface area contributed by atoms with Crippen LogP contribution in [0.15, 0.2) is 85.1 Å². The fourth-order valence-corrected chi connectivity index (χ4v) is 3.95. The van der Waals surface area contributed by atoms with Gasteiger partial charge >= 0.3 is 0 Å². The molecule has 3 rings (SSSR count). The molecule has 2 aromatic carbocycles. The zero-order valence-corrected chi connectivity index (χ0v) is 18.3. The van der Waals surface area contributed by atoms with Gasteiger partial charge in [0.15, 0.2) is 0 Å². The molecule has 2 N–H and O–H groups in total. The van der Waals surface area contributed by atoms with E-state index in [1.54, 1.807) is 24.3 Å². The van der Waals surface area contributed by atoms with E-state index in [1.165, 1.54) is 48.8 Å². The van der Waals surface area contributed by atoms with E-state index in [4.69, 9.17) is 4.42 Å². The molecule has 0 aliphatic carbocycles. The molecule has 0 aliphatic rings. The fraction of sp³-hybridized carbons (Fsp3) is 0.100. The minimum absolute atomic E-state index is 0.0865. The van der Waals surface area contributed by atoms with Gasteiger partial charge in [-0.15, -0.1) is 0 Å². The average molecular weight is 461 g/mol. The summed E-state index contributed by atoms with van der Waals surface area (Å²) < 4.78 is 54.1. The third-order valence-electron chi connectivity index (χ3n) is 4.04. The van der Waals surface area contributed by atoms with Crippen LogP contribution in [0.3, 0.4) is 0 Å². The summed E-state index contributed by atoms with van der Waals surface area (Å²) in [5, 5.41) is 7.36. The second-order valence-electron chi connectivity index (χ2n) is 6.57. The van der Waals surface area contributed by atoms with Crippen LogP contribution in [0.2, 0.25) is 0 Å². The van der Waals surface area contributed by atoms with Gasteiger partial charge in [0.25, 0.3) is 20.0 Å². The Hall–Kier alpha value is -3.44. The Morgan fingerprint density at radius 3 is 1.35 bits per heavy atom.